The SMILES string of the molecule is CS(=O)CCCNCC(=O)N1CCc2sccc2C1. The van der Waals surface area contributed by atoms with Crippen molar-refractivity contribution in [1.82, 2.24) is 10.2 Å². The Morgan fingerprint density at radius 1 is 1.58 bits per heavy atom. The molecule has 1 aliphatic heterocycles. The summed E-state index contributed by atoms with van der Waals surface area (Å²) >= 11 is 1.78. The van der Waals surface area contributed by atoms with Crippen LogP contribution in [0, 0.1) is 0 Å². The molecular weight excluding hydrogens is 280 g/mol. The molecule has 106 valence electrons. The van der Waals surface area contributed by atoms with E-state index < -0.39 is 10.8 Å². The van der Waals surface area contributed by atoms with Gasteiger partial charge in [0.25, 0.3) is 0 Å². The van der Waals surface area contributed by atoms with Crippen LogP contribution in [0.15, 0.2) is 11.4 Å². The molecule has 4 nitrogen and oxygen atoms in total. The highest BCUT2D eigenvalue weighted by Gasteiger charge is 2.20. The molecule has 0 spiro atoms. The van der Waals surface area contributed by atoms with Crippen molar-refractivity contribution in [2.75, 3.05) is 31.6 Å². The summed E-state index contributed by atoms with van der Waals surface area (Å²) in [5.41, 5.74) is 1.30. The number of carbonyl (C=O) groups is 1. The Hall–Kier alpha value is -0.720. The molecule has 0 saturated carbocycles. The fraction of sp³-hybridized carbons (Fsp3) is 0.615. The fourth-order valence-corrected chi connectivity index (χ4v) is 3.61. The van der Waals surface area contributed by atoms with Gasteiger partial charge in [0.2, 0.25) is 5.91 Å². The summed E-state index contributed by atoms with van der Waals surface area (Å²) < 4.78 is 10.9. The third-order valence-corrected chi connectivity index (χ3v) is 5.11. The van der Waals surface area contributed by atoms with E-state index in [1.807, 2.05) is 4.90 Å². The minimum atomic E-state index is -0.738. The number of rotatable bonds is 6. The lowest BCUT2D eigenvalue weighted by Crippen LogP contribution is -2.41. The van der Waals surface area contributed by atoms with Gasteiger partial charge in [-0.2, -0.15) is 0 Å². The van der Waals surface area contributed by atoms with E-state index in [2.05, 4.69) is 16.8 Å². The quantitative estimate of drug-likeness (QED) is 0.797. The topological polar surface area (TPSA) is 49.4 Å². The van der Waals surface area contributed by atoms with Crippen molar-refractivity contribution in [2.45, 2.75) is 19.4 Å². The lowest BCUT2D eigenvalue weighted by atomic mass is 10.1. The highest BCUT2D eigenvalue weighted by atomic mass is 32.2. The number of amides is 1. The zero-order valence-corrected chi connectivity index (χ0v) is 12.8. The molecule has 1 aromatic heterocycles. The van der Waals surface area contributed by atoms with E-state index in [9.17, 15) is 9.00 Å². The highest BCUT2D eigenvalue weighted by Crippen LogP contribution is 2.23. The summed E-state index contributed by atoms with van der Waals surface area (Å²) in [7, 11) is -0.738. The molecule has 0 saturated heterocycles. The lowest BCUT2D eigenvalue weighted by molar-refractivity contribution is -0.131. The Bertz CT molecular complexity index is 459. The molecule has 2 heterocycles. The van der Waals surface area contributed by atoms with Crippen LogP contribution in [-0.2, 0) is 28.6 Å². The van der Waals surface area contributed by atoms with Gasteiger partial charge in [0.15, 0.2) is 0 Å². The summed E-state index contributed by atoms with van der Waals surface area (Å²) in [6, 6.07) is 2.11. The van der Waals surface area contributed by atoms with Crippen LogP contribution < -0.4 is 5.32 Å². The first-order valence-electron chi connectivity index (χ1n) is 6.50. The van der Waals surface area contributed by atoms with Gasteiger partial charge in [-0.05, 0) is 36.4 Å². The summed E-state index contributed by atoms with van der Waals surface area (Å²) in [5, 5.41) is 5.23. The maximum Gasteiger partial charge on any atom is 0.236 e. The highest BCUT2D eigenvalue weighted by molar-refractivity contribution is 7.84. The van der Waals surface area contributed by atoms with Gasteiger partial charge in [0.1, 0.15) is 0 Å². The zero-order valence-electron chi connectivity index (χ0n) is 11.2. The van der Waals surface area contributed by atoms with Crippen LogP contribution in [0.4, 0.5) is 0 Å². The Morgan fingerprint density at radius 2 is 2.42 bits per heavy atom. The van der Waals surface area contributed by atoms with Crippen molar-refractivity contribution in [3.8, 4) is 0 Å². The van der Waals surface area contributed by atoms with Gasteiger partial charge >= 0.3 is 0 Å². The van der Waals surface area contributed by atoms with Crippen molar-refractivity contribution < 1.29 is 9.00 Å². The lowest BCUT2D eigenvalue weighted by Gasteiger charge is -2.27. The first-order valence-corrected chi connectivity index (χ1v) is 9.11. The molecule has 0 aromatic carbocycles. The number of fused-ring (bicyclic) bond motifs is 1. The van der Waals surface area contributed by atoms with Crippen LogP contribution in [0.25, 0.3) is 0 Å². The molecule has 1 N–H and O–H groups in total. The second-order valence-corrected chi connectivity index (χ2v) is 7.30. The summed E-state index contributed by atoms with van der Waals surface area (Å²) in [6.07, 6.45) is 3.54. The molecule has 0 bridgehead atoms. The molecular formula is C13H20N2O2S2. The smallest absolute Gasteiger partial charge is 0.236 e. The van der Waals surface area contributed by atoms with Gasteiger partial charge in [-0.3, -0.25) is 9.00 Å². The van der Waals surface area contributed by atoms with Crippen LogP contribution in [0.1, 0.15) is 16.9 Å². The van der Waals surface area contributed by atoms with E-state index in [0.717, 1.165) is 32.5 Å². The van der Waals surface area contributed by atoms with Crippen LogP contribution in [0.2, 0.25) is 0 Å². The van der Waals surface area contributed by atoms with E-state index in [1.54, 1.807) is 17.6 Å². The second-order valence-electron chi connectivity index (χ2n) is 4.74. The largest absolute Gasteiger partial charge is 0.337 e. The monoisotopic (exact) mass is 300 g/mol. The molecule has 1 unspecified atom stereocenters. The van der Waals surface area contributed by atoms with E-state index in [0.29, 0.717) is 12.3 Å². The van der Waals surface area contributed by atoms with E-state index in [1.165, 1.54) is 10.4 Å². The first-order chi connectivity index (χ1) is 9.16. The first kappa shape index (κ1) is 14.7. The maximum atomic E-state index is 12.0. The van der Waals surface area contributed by atoms with Crippen molar-refractivity contribution in [2.24, 2.45) is 0 Å². The molecule has 1 aromatic rings. The average molecular weight is 300 g/mol. The van der Waals surface area contributed by atoms with E-state index in [-0.39, 0.29) is 5.91 Å². The molecule has 1 atom stereocenters. The molecule has 0 fully saturated rings. The summed E-state index contributed by atoms with van der Waals surface area (Å²) in [4.78, 5) is 15.4. The predicted octanol–water partition coefficient (Wildman–Crippen LogP) is 0.991. The average Bonchev–Trinajstić information content (AvgIpc) is 2.84. The third-order valence-electron chi connectivity index (χ3n) is 3.22. The molecule has 0 aliphatic carbocycles. The maximum absolute atomic E-state index is 12.0. The summed E-state index contributed by atoms with van der Waals surface area (Å²) in [5.74, 6) is 0.859. The van der Waals surface area contributed by atoms with Crippen LogP contribution >= 0.6 is 11.3 Å². The van der Waals surface area contributed by atoms with Crippen molar-refractivity contribution in [3.05, 3.63) is 21.9 Å². The van der Waals surface area contributed by atoms with Gasteiger partial charge in [-0.15, -0.1) is 11.3 Å². The van der Waals surface area contributed by atoms with Crippen molar-refractivity contribution >= 4 is 28.0 Å². The van der Waals surface area contributed by atoms with Crippen molar-refractivity contribution in [3.63, 3.8) is 0 Å². The van der Waals surface area contributed by atoms with Gasteiger partial charge < -0.3 is 10.2 Å². The number of thiophene rings is 1. The summed E-state index contributed by atoms with van der Waals surface area (Å²) in [6.45, 7) is 2.71. The Morgan fingerprint density at radius 3 is 3.21 bits per heavy atom. The number of carbonyl (C=O) groups excluding carboxylic acids is 1. The van der Waals surface area contributed by atoms with Gasteiger partial charge in [0.05, 0.1) is 6.54 Å². The number of nitrogens with one attached hydrogen (secondary N) is 1. The Labute approximate surface area is 120 Å². The molecule has 1 aliphatic rings. The third kappa shape index (κ3) is 4.40. The van der Waals surface area contributed by atoms with E-state index in [4.69, 9.17) is 0 Å². The van der Waals surface area contributed by atoms with Crippen LogP contribution in [0.5, 0.6) is 0 Å². The zero-order chi connectivity index (χ0) is 13.7. The molecule has 0 radical (unpaired) electrons. The molecule has 2 rings (SSSR count). The van der Waals surface area contributed by atoms with E-state index >= 15 is 0 Å². The minimum absolute atomic E-state index is 0.162. The second kappa shape index (κ2) is 7.17. The van der Waals surface area contributed by atoms with Gasteiger partial charge in [-0.25, -0.2) is 0 Å². The van der Waals surface area contributed by atoms with Crippen LogP contribution in [0.3, 0.4) is 0 Å². The predicted molar refractivity (Wildman–Crippen MR) is 79.9 cm³/mol. The Balaban J connectivity index is 1.68. The number of hydrogen-bond acceptors (Lipinski definition) is 4. The van der Waals surface area contributed by atoms with Crippen LogP contribution in [-0.4, -0.2) is 46.7 Å². The minimum Gasteiger partial charge on any atom is -0.337 e. The number of nitrogens with zero attached hydrogens (tertiary/aromatic N) is 1. The molecule has 19 heavy (non-hydrogen) atoms. The van der Waals surface area contributed by atoms with Gasteiger partial charge in [-0.1, -0.05) is 0 Å². The fourth-order valence-electron chi connectivity index (χ4n) is 2.17. The normalized spacial score (nSPS) is 16.2. The van der Waals surface area contributed by atoms with Gasteiger partial charge in [0, 0.05) is 40.8 Å². The molecule has 1 amide bonds. The Kier molecular flexibility index (Phi) is 5.54. The van der Waals surface area contributed by atoms with Crippen molar-refractivity contribution in [1.29, 1.82) is 0 Å². The standard InChI is InChI=1S/C13H20N2O2S2/c1-19(17)8-2-5-14-9-13(16)15-6-3-12-11(10-15)4-7-18-12/h4,7,14H,2-3,5-6,8-10H2,1H3. The number of hydrogen-bond donors (Lipinski definition) is 1. The molecule has 6 heteroatoms.